The number of rotatable bonds is 5. The van der Waals surface area contributed by atoms with Gasteiger partial charge in [-0.3, -0.25) is 9.89 Å². The minimum Gasteiger partial charge on any atom is -0.534 e. The molecule has 6 N–H and O–H groups in total. The van der Waals surface area contributed by atoms with Crippen molar-refractivity contribution in [1.29, 1.82) is 0 Å². The standard InChI is InChI=1S/C14H16BN5O5/c16-6-11-18-10(19-20-11)5-12(21)17-9-4-7-2-1-3-8(14(22)23)13(7)25-15(9)24/h1-3,9,24H,4-6,16H2,(H,17,21)(H,22,23)(H,18,19,20). The summed E-state index contributed by atoms with van der Waals surface area (Å²) >= 11 is 0. The summed E-state index contributed by atoms with van der Waals surface area (Å²) in [6, 6.07) is 4.67. The van der Waals surface area contributed by atoms with E-state index in [0.29, 0.717) is 17.2 Å². The van der Waals surface area contributed by atoms with Crippen molar-refractivity contribution >= 4 is 19.0 Å². The van der Waals surface area contributed by atoms with Crippen LogP contribution in [0.15, 0.2) is 18.2 Å². The number of nitrogens with one attached hydrogen (secondary N) is 2. The molecule has 130 valence electrons. The molecular formula is C14H16BN5O5. The lowest BCUT2D eigenvalue weighted by Gasteiger charge is -2.28. The number of aromatic nitrogens is 3. The van der Waals surface area contributed by atoms with Crippen molar-refractivity contribution in [3.05, 3.63) is 41.0 Å². The fourth-order valence-electron chi connectivity index (χ4n) is 2.63. The molecule has 1 atom stereocenters. The van der Waals surface area contributed by atoms with E-state index in [1.54, 1.807) is 12.1 Å². The van der Waals surface area contributed by atoms with Crippen LogP contribution >= 0.6 is 0 Å². The summed E-state index contributed by atoms with van der Waals surface area (Å²) in [6.45, 7) is 0.163. The van der Waals surface area contributed by atoms with Gasteiger partial charge < -0.3 is 25.8 Å². The number of benzene rings is 1. The molecule has 10 nitrogen and oxygen atoms in total. The third-order valence-electron chi connectivity index (χ3n) is 3.78. The molecular weight excluding hydrogens is 329 g/mol. The second kappa shape index (κ2) is 6.91. The van der Waals surface area contributed by atoms with E-state index >= 15 is 0 Å². The fourth-order valence-corrected chi connectivity index (χ4v) is 2.63. The molecule has 1 aliphatic rings. The van der Waals surface area contributed by atoms with Gasteiger partial charge >= 0.3 is 13.1 Å². The number of aromatic carboxylic acids is 1. The minimum absolute atomic E-state index is 0.0303. The normalized spacial score (nSPS) is 16.1. The monoisotopic (exact) mass is 345 g/mol. The van der Waals surface area contributed by atoms with Crippen LogP contribution in [0.4, 0.5) is 0 Å². The van der Waals surface area contributed by atoms with Gasteiger partial charge in [0, 0.05) is 0 Å². The summed E-state index contributed by atoms with van der Waals surface area (Å²) in [6.07, 6.45) is 0.187. The zero-order chi connectivity index (χ0) is 18.0. The number of para-hydroxylation sites is 1. The molecule has 1 amide bonds. The molecule has 0 bridgehead atoms. The molecule has 2 aromatic rings. The lowest BCUT2D eigenvalue weighted by Crippen LogP contribution is -2.53. The highest BCUT2D eigenvalue weighted by atomic mass is 16.5. The van der Waals surface area contributed by atoms with E-state index in [2.05, 4.69) is 20.5 Å². The number of nitrogens with zero attached hydrogens (tertiary/aromatic N) is 2. The number of nitrogens with two attached hydrogens (primary N) is 1. The van der Waals surface area contributed by atoms with Crippen LogP contribution < -0.4 is 15.7 Å². The second-order valence-corrected chi connectivity index (χ2v) is 5.56. The summed E-state index contributed by atoms with van der Waals surface area (Å²) in [5, 5.41) is 28.4. The number of carboxylic acids is 1. The number of H-pyrrole nitrogens is 1. The Balaban J connectivity index is 1.68. The van der Waals surface area contributed by atoms with Crippen LogP contribution in [0.1, 0.15) is 27.6 Å². The number of carbonyl (C=O) groups excluding carboxylic acids is 1. The summed E-state index contributed by atoms with van der Waals surface area (Å²) in [5.41, 5.74) is 5.97. The average molecular weight is 345 g/mol. The van der Waals surface area contributed by atoms with E-state index in [-0.39, 0.29) is 36.6 Å². The van der Waals surface area contributed by atoms with Crippen LogP contribution in [0.25, 0.3) is 0 Å². The predicted octanol–water partition coefficient (Wildman–Crippen LogP) is -1.36. The molecule has 11 heteroatoms. The molecule has 0 spiro atoms. The molecule has 1 aromatic carbocycles. The minimum atomic E-state index is -1.36. The van der Waals surface area contributed by atoms with Crippen molar-refractivity contribution in [2.75, 3.05) is 0 Å². The third kappa shape index (κ3) is 3.62. The van der Waals surface area contributed by atoms with Crippen LogP contribution in [-0.2, 0) is 24.2 Å². The maximum atomic E-state index is 12.1. The van der Waals surface area contributed by atoms with Crippen molar-refractivity contribution in [2.45, 2.75) is 25.3 Å². The Morgan fingerprint density at radius 2 is 2.28 bits per heavy atom. The van der Waals surface area contributed by atoms with Crippen LogP contribution in [0.2, 0.25) is 0 Å². The van der Waals surface area contributed by atoms with E-state index in [9.17, 15) is 14.6 Å². The summed E-state index contributed by atoms with van der Waals surface area (Å²) < 4.78 is 5.32. The molecule has 2 heterocycles. The summed E-state index contributed by atoms with van der Waals surface area (Å²) in [5.74, 6) is -1.36. The van der Waals surface area contributed by atoms with Crippen LogP contribution in [0.5, 0.6) is 5.75 Å². The predicted molar refractivity (Wildman–Crippen MR) is 85.6 cm³/mol. The number of carboxylic acid groups (broad SMARTS) is 1. The Bertz CT molecular complexity index is 811. The van der Waals surface area contributed by atoms with Gasteiger partial charge in [0.2, 0.25) is 5.91 Å². The van der Waals surface area contributed by atoms with E-state index in [1.165, 1.54) is 6.07 Å². The molecule has 3 rings (SSSR count). The van der Waals surface area contributed by atoms with E-state index in [0.717, 1.165) is 0 Å². The Morgan fingerprint density at radius 3 is 2.96 bits per heavy atom. The second-order valence-electron chi connectivity index (χ2n) is 5.56. The zero-order valence-electron chi connectivity index (χ0n) is 13.1. The van der Waals surface area contributed by atoms with E-state index < -0.39 is 19.0 Å². The SMILES string of the molecule is NCc1n[nH]c(CC(=O)NC2Cc3cccc(C(=O)O)c3OB2O)n1. The highest BCUT2D eigenvalue weighted by molar-refractivity contribution is 6.47. The topological polar surface area (TPSA) is 163 Å². The maximum absolute atomic E-state index is 12.1. The molecule has 0 radical (unpaired) electrons. The number of aromatic amines is 1. The third-order valence-corrected chi connectivity index (χ3v) is 3.78. The molecule has 0 saturated heterocycles. The molecule has 0 fully saturated rings. The zero-order valence-corrected chi connectivity index (χ0v) is 13.1. The first-order chi connectivity index (χ1) is 12.0. The van der Waals surface area contributed by atoms with Gasteiger partial charge in [0.05, 0.1) is 24.5 Å². The Hall–Kier alpha value is -2.92. The van der Waals surface area contributed by atoms with Gasteiger partial charge in [-0.25, -0.2) is 9.78 Å². The van der Waals surface area contributed by atoms with Gasteiger partial charge in [-0.05, 0) is 18.1 Å². The first kappa shape index (κ1) is 16.9. The van der Waals surface area contributed by atoms with Crippen molar-refractivity contribution in [3.8, 4) is 5.75 Å². The Kier molecular flexibility index (Phi) is 4.68. The highest BCUT2D eigenvalue weighted by Gasteiger charge is 2.37. The average Bonchev–Trinajstić information content (AvgIpc) is 3.02. The van der Waals surface area contributed by atoms with E-state index in [4.69, 9.17) is 15.5 Å². The maximum Gasteiger partial charge on any atom is 0.547 e. The first-order valence-corrected chi connectivity index (χ1v) is 7.57. The van der Waals surface area contributed by atoms with Gasteiger partial charge in [-0.1, -0.05) is 12.1 Å². The highest BCUT2D eigenvalue weighted by Crippen LogP contribution is 2.30. The number of carbonyl (C=O) groups is 2. The largest absolute Gasteiger partial charge is 0.547 e. The molecule has 0 aliphatic carbocycles. The number of amides is 1. The van der Waals surface area contributed by atoms with Crippen LogP contribution in [-0.4, -0.2) is 50.2 Å². The molecule has 1 aromatic heterocycles. The smallest absolute Gasteiger partial charge is 0.534 e. The van der Waals surface area contributed by atoms with Crippen molar-refractivity contribution < 1.29 is 24.4 Å². The number of fused-ring (bicyclic) bond motifs is 1. The van der Waals surface area contributed by atoms with Gasteiger partial charge in [0.25, 0.3) is 0 Å². The van der Waals surface area contributed by atoms with Crippen LogP contribution in [0, 0.1) is 0 Å². The quantitative estimate of drug-likeness (QED) is 0.415. The molecule has 1 aliphatic heterocycles. The summed E-state index contributed by atoms with van der Waals surface area (Å²) in [4.78, 5) is 27.4. The molecule has 1 unspecified atom stereocenters. The first-order valence-electron chi connectivity index (χ1n) is 7.57. The van der Waals surface area contributed by atoms with Crippen LogP contribution in [0.3, 0.4) is 0 Å². The lowest BCUT2D eigenvalue weighted by atomic mass is 9.72. The van der Waals surface area contributed by atoms with Crippen molar-refractivity contribution in [2.24, 2.45) is 5.73 Å². The van der Waals surface area contributed by atoms with Gasteiger partial charge in [-0.2, -0.15) is 5.10 Å². The Labute approximate surface area is 142 Å². The number of hydrogen-bond acceptors (Lipinski definition) is 7. The van der Waals surface area contributed by atoms with Crippen molar-refractivity contribution in [1.82, 2.24) is 20.5 Å². The van der Waals surface area contributed by atoms with Gasteiger partial charge in [-0.15, -0.1) is 0 Å². The summed E-state index contributed by atoms with van der Waals surface area (Å²) in [7, 11) is -1.36. The van der Waals surface area contributed by atoms with Gasteiger partial charge in [0.15, 0.2) is 5.82 Å². The Morgan fingerprint density at radius 1 is 1.48 bits per heavy atom. The molecule has 0 saturated carbocycles. The van der Waals surface area contributed by atoms with Gasteiger partial charge in [0.1, 0.15) is 11.6 Å². The molecule has 25 heavy (non-hydrogen) atoms. The van der Waals surface area contributed by atoms with Crippen molar-refractivity contribution in [3.63, 3.8) is 0 Å². The number of hydrogen-bond donors (Lipinski definition) is 5. The fraction of sp³-hybridized carbons (Fsp3) is 0.286. The van der Waals surface area contributed by atoms with E-state index in [1.807, 2.05) is 0 Å². The lowest BCUT2D eigenvalue weighted by molar-refractivity contribution is -0.121.